The van der Waals surface area contributed by atoms with E-state index in [0.29, 0.717) is 0 Å². The SMILES string of the molecule is Cc1nccnc1NC(C)c1nncn1C. The standard InChI is InChI=1S/C10H14N6/c1-7-9(12-5-4-11-7)14-8(2)10-15-13-6-16(10)3/h4-6,8H,1-3H3,(H,12,14). The number of nitrogens with one attached hydrogen (secondary N) is 1. The van der Waals surface area contributed by atoms with E-state index < -0.39 is 0 Å². The first-order valence-corrected chi connectivity index (χ1v) is 5.06. The highest BCUT2D eigenvalue weighted by Gasteiger charge is 2.12. The van der Waals surface area contributed by atoms with E-state index in [-0.39, 0.29) is 6.04 Å². The quantitative estimate of drug-likeness (QED) is 0.835. The Hall–Kier alpha value is -1.98. The molecule has 6 nitrogen and oxygen atoms in total. The van der Waals surface area contributed by atoms with Crippen LogP contribution in [0.25, 0.3) is 0 Å². The molecule has 0 saturated heterocycles. The average Bonchev–Trinajstić information content (AvgIpc) is 2.68. The van der Waals surface area contributed by atoms with Crippen molar-refractivity contribution >= 4 is 5.82 Å². The largest absolute Gasteiger partial charge is 0.359 e. The maximum atomic E-state index is 4.23. The molecule has 1 atom stereocenters. The van der Waals surface area contributed by atoms with Crippen molar-refractivity contribution in [3.63, 3.8) is 0 Å². The van der Waals surface area contributed by atoms with Gasteiger partial charge in [0.25, 0.3) is 0 Å². The fraction of sp³-hybridized carbons (Fsp3) is 0.400. The molecule has 2 aromatic heterocycles. The third-order valence-electron chi connectivity index (χ3n) is 2.37. The van der Waals surface area contributed by atoms with Crippen LogP contribution in [0.1, 0.15) is 24.5 Å². The van der Waals surface area contributed by atoms with Crippen LogP contribution in [0.3, 0.4) is 0 Å². The van der Waals surface area contributed by atoms with Crippen LogP contribution in [0, 0.1) is 6.92 Å². The number of hydrogen-bond acceptors (Lipinski definition) is 5. The molecule has 16 heavy (non-hydrogen) atoms. The molecule has 0 aliphatic heterocycles. The van der Waals surface area contributed by atoms with Gasteiger partial charge in [0.1, 0.15) is 12.1 Å². The third-order valence-corrected chi connectivity index (χ3v) is 2.37. The predicted octanol–water partition coefficient (Wildman–Crippen LogP) is 1.09. The Balaban J connectivity index is 2.17. The van der Waals surface area contributed by atoms with E-state index >= 15 is 0 Å². The summed E-state index contributed by atoms with van der Waals surface area (Å²) in [6, 6.07) is 0.0444. The van der Waals surface area contributed by atoms with Crippen LogP contribution < -0.4 is 5.32 Å². The van der Waals surface area contributed by atoms with Gasteiger partial charge in [0, 0.05) is 19.4 Å². The molecule has 1 unspecified atom stereocenters. The van der Waals surface area contributed by atoms with E-state index in [1.807, 2.05) is 25.5 Å². The Morgan fingerprint density at radius 1 is 1.31 bits per heavy atom. The average molecular weight is 218 g/mol. The van der Waals surface area contributed by atoms with Gasteiger partial charge in [-0.2, -0.15) is 0 Å². The molecule has 0 bridgehead atoms. The second kappa shape index (κ2) is 4.26. The summed E-state index contributed by atoms with van der Waals surface area (Å²) in [6.07, 6.45) is 5.02. The van der Waals surface area contributed by atoms with Gasteiger partial charge in [-0.05, 0) is 13.8 Å². The van der Waals surface area contributed by atoms with E-state index in [1.54, 1.807) is 18.7 Å². The highest BCUT2D eigenvalue weighted by atomic mass is 15.3. The van der Waals surface area contributed by atoms with Gasteiger partial charge in [0.15, 0.2) is 5.82 Å². The molecule has 0 radical (unpaired) electrons. The Bertz CT molecular complexity index is 478. The number of aryl methyl sites for hydroxylation is 2. The van der Waals surface area contributed by atoms with E-state index in [1.165, 1.54) is 0 Å². The molecule has 0 fully saturated rings. The minimum atomic E-state index is 0.0444. The normalized spacial score (nSPS) is 12.4. The van der Waals surface area contributed by atoms with Crippen molar-refractivity contribution in [1.82, 2.24) is 24.7 Å². The molecule has 2 aromatic rings. The van der Waals surface area contributed by atoms with Crippen LogP contribution >= 0.6 is 0 Å². The van der Waals surface area contributed by atoms with Crippen LogP contribution in [0.4, 0.5) is 5.82 Å². The summed E-state index contributed by atoms with van der Waals surface area (Å²) < 4.78 is 1.88. The summed E-state index contributed by atoms with van der Waals surface area (Å²) in [6.45, 7) is 3.93. The molecule has 2 heterocycles. The molecule has 84 valence electrons. The lowest BCUT2D eigenvalue weighted by Crippen LogP contribution is -2.13. The van der Waals surface area contributed by atoms with Gasteiger partial charge in [-0.3, -0.25) is 4.98 Å². The summed E-state index contributed by atoms with van der Waals surface area (Å²) in [7, 11) is 1.91. The zero-order valence-corrected chi connectivity index (χ0v) is 9.55. The molecule has 0 saturated carbocycles. The topological polar surface area (TPSA) is 68.5 Å². The van der Waals surface area contributed by atoms with Crippen molar-refractivity contribution in [3.05, 3.63) is 30.2 Å². The maximum absolute atomic E-state index is 4.23. The van der Waals surface area contributed by atoms with Gasteiger partial charge in [0.05, 0.1) is 11.7 Å². The summed E-state index contributed by atoms with van der Waals surface area (Å²) in [5, 5.41) is 11.1. The minimum absolute atomic E-state index is 0.0444. The number of aromatic nitrogens is 5. The zero-order valence-electron chi connectivity index (χ0n) is 9.55. The molecule has 0 spiro atoms. The van der Waals surface area contributed by atoms with E-state index in [9.17, 15) is 0 Å². The Kier molecular flexibility index (Phi) is 2.80. The summed E-state index contributed by atoms with van der Waals surface area (Å²) >= 11 is 0. The second-order valence-corrected chi connectivity index (χ2v) is 3.66. The smallest absolute Gasteiger partial charge is 0.154 e. The molecule has 1 N–H and O–H groups in total. The highest BCUT2D eigenvalue weighted by Crippen LogP contribution is 2.16. The van der Waals surface area contributed by atoms with E-state index in [0.717, 1.165) is 17.3 Å². The zero-order chi connectivity index (χ0) is 11.5. The van der Waals surface area contributed by atoms with Crippen molar-refractivity contribution in [3.8, 4) is 0 Å². The third kappa shape index (κ3) is 2.00. The number of rotatable bonds is 3. The van der Waals surface area contributed by atoms with Gasteiger partial charge in [-0.25, -0.2) is 4.98 Å². The van der Waals surface area contributed by atoms with Gasteiger partial charge in [-0.1, -0.05) is 0 Å². The number of nitrogens with zero attached hydrogens (tertiary/aromatic N) is 5. The summed E-state index contributed by atoms with van der Waals surface area (Å²) in [4.78, 5) is 8.39. The Morgan fingerprint density at radius 3 is 2.69 bits per heavy atom. The Labute approximate surface area is 93.8 Å². The molecule has 0 amide bonds. The van der Waals surface area contributed by atoms with Crippen LogP contribution in [-0.4, -0.2) is 24.7 Å². The van der Waals surface area contributed by atoms with Crippen LogP contribution in [0.5, 0.6) is 0 Å². The summed E-state index contributed by atoms with van der Waals surface area (Å²) in [5.41, 5.74) is 0.872. The van der Waals surface area contributed by atoms with Gasteiger partial charge in [0.2, 0.25) is 0 Å². The second-order valence-electron chi connectivity index (χ2n) is 3.66. The predicted molar refractivity (Wildman–Crippen MR) is 59.8 cm³/mol. The lowest BCUT2D eigenvalue weighted by Gasteiger charge is -2.14. The highest BCUT2D eigenvalue weighted by molar-refractivity contribution is 5.39. The lowest BCUT2D eigenvalue weighted by atomic mass is 10.3. The van der Waals surface area contributed by atoms with Crippen LogP contribution in [0.2, 0.25) is 0 Å². The Morgan fingerprint density at radius 2 is 2.06 bits per heavy atom. The van der Waals surface area contributed by atoms with Gasteiger partial charge >= 0.3 is 0 Å². The fourth-order valence-electron chi connectivity index (χ4n) is 1.50. The first kappa shape index (κ1) is 10.5. The molecule has 0 aliphatic rings. The molecule has 2 rings (SSSR count). The van der Waals surface area contributed by atoms with Gasteiger partial charge in [-0.15, -0.1) is 10.2 Å². The van der Waals surface area contributed by atoms with Crippen molar-refractivity contribution < 1.29 is 0 Å². The van der Waals surface area contributed by atoms with Crippen LogP contribution in [0.15, 0.2) is 18.7 Å². The number of anilines is 1. The molecule has 0 aliphatic carbocycles. The first-order valence-electron chi connectivity index (χ1n) is 5.06. The van der Waals surface area contributed by atoms with Crippen molar-refractivity contribution in [1.29, 1.82) is 0 Å². The number of hydrogen-bond donors (Lipinski definition) is 1. The van der Waals surface area contributed by atoms with Gasteiger partial charge < -0.3 is 9.88 Å². The fourth-order valence-corrected chi connectivity index (χ4v) is 1.50. The van der Waals surface area contributed by atoms with Crippen molar-refractivity contribution in [2.45, 2.75) is 19.9 Å². The van der Waals surface area contributed by atoms with Crippen LogP contribution in [-0.2, 0) is 7.05 Å². The minimum Gasteiger partial charge on any atom is -0.359 e. The molecular formula is C10H14N6. The first-order chi connectivity index (χ1) is 7.68. The van der Waals surface area contributed by atoms with E-state index in [4.69, 9.17) is 0 Å². The monoisotopic (exact) mass is 218 g/mol. The van der Waals surface area contributed by atoms with E-state index in [2.05, 4.69) is 25.5 Å². The lowest BCUT2D eigenvalue weighted by molar-refractivity contribution is 0.714. The molecule has 0 aromatic carbocycles. The van der Waals surface area contributed by atoms with Crippen molar-refractivity contribution in [2.24, 2.45) is 7.05 Å². The maximum Gasteiger partial charge on any atom is 0.154 e. The van der Waals surface area contributed by atoms with Crippen molar-refractivity contribution in [2.75, 3.05) is 5.32 Å². The molecular weight excluding hydrogens is 204 g/mol. The summed E-state index contributed by atoms with van der Waals surface area (Å²) in [5.74, 6) is 1.64. The molecule has 6 heteroatoms.